The van der Waals surface area contributed by atoms with Crippen molar-refractivity contribution in [3.05, 3.63) is 92.1 Å². The molecule has 0 spiro atoms. The predicted molar refractivity (Wildman–Crippen MR) is 123 cm³/mol. The van der Waals surface area contributed by atoms with Gasteiger partial charge in [-0.2, -0.15) is 26.3 Å². The van der Waals surface area contributed by atoms with E-state index in [2.05, 4.69) is 0 Å². The van der Waals surface area contributed by atoms with Crippen molar-refractivity contribution in [2.24, 2.45) is 0 Å². The maximum Gasteiger partial charge on any atom is 0.422 e. The van der Waals surface area contributed by atoms with E-state index in [0.717, 1.165) is 12.1 Å². The molecule has 3 aromatic carbocycles. The molecule has 0 atom stereocenters. The summed E-state index contributed by atoms with van der Waals surface area (Å²) in [5, 5.41) is -1.18. The van der Waals surface area contributed by atoms with E-state index in [-0.39, 0.29) is 45.8 Å². The number of carbonyl (C=O) groups is 1. The van der Waals surface area contributed by atoms with Gasteiger partial charge in [-0.3, -0.25) is 4.79 Å². The molecular weight excluding hydrogens is 670 g/mol. The van der Waals surface area contributed by atoms with E-state index in [4.69, 9.17) is 11.6 Å². The van der Waals surface area contributed by atoms with Crippen molar-refractivity contribution in [1.29, 1.82) is 0 Å². The van der Waals surface area contributed by atoms with Crippen LogP contribution in [0, 0.1) is 53.5 Å². The Morgan fingerprint density at radius 3 is 1.14 bits per heavy atom. The van der Waals surface area contributed by atoms with Crippen molar-refractivity contribution in [2.45, 2.75) is 40.6 Å². The summed E-state index contributed by atoms with van der Waals surface area (Å²) in [4.78, 5) is 8.76. The summed E-state index contributed by atoms with van der Waals surface area (Å²) < 4.78 is 190. The average Bonchev–Trinajstić information content (AvgIpc) is 2.86. The molecule has 42 heavy (non-hydrogen) atoms. The molecule has 3 rings (SSSR count). The molecule has 0 amide bonds. The van der Waals surface area contributed by atoms with Gasteiger partial charge in [0.1, 0.15) is 11.1 Å². The van der Waals surface area contributed by atoms with Crippen molar-refractivity contribution in [2.75, 3.05) is 0 Å². The smallest absolute Gasteiger partial charge is 0.276 e. The number of rotatable bonds is 7. The minimum atomic E-state index is -5.78. The van der Waals surface area contributed by atoms with Gasteiger partial charge in [-0.1, -0.05) is 0 Å². The van der Waals surface area contributed by atoms with E-state index < -0.39 is 96.6 Å². The Bertz CT molecular complexity index is 1420. The van der Waals surface area contributed by atoms with Crippen molar-refractivity contribution in [3.8, 4) is 0 Å². The van der Waals surface area contributed by atoms with Gasteiger partial charge in [0, 0.05) is 17.1 Å². The lowest BCUT2D eigenvalue weighted by molar-refractivity contribution is -0.144. The van der Waals surface area contributed by atoms with Crippen LogP contribution >= 0.6 is 35.1 Å². The van der Waals surface area contributed by atoms with Gasteiger partial charge >= 0.3 is 12.4 Å². The normalized spacial score (nSPS) is 12.3. The highest BCUT2D eigenvalue weighted by Gasteiger charge is 2.43. The van der Waals surface area contributed by atoms with E-state index >= 15 is 0 Å². The predicted octanol–water partition coefficient (Wildman–Crippen LogP) is 10.1. The third kappa shape index (κ3) is 6.46. The van der Waals surface area contributed by atoms with Crippen LogP contribution in [-0.2, 0) is 23.9 Å². The average molecular weight is 679 g/mol. The summed E-state index contributed by atoms with van der Waals surface area (Å²) in [5.41, 5.74) is -6.17. The third-order valence-corrected chi connectivity index (χ3v) is 8.03. The second kappa shape index (κ2) is 12.1. The molecule has 0 fully saturated rings. The highest BCUT2D eigenvalue weighted by Crippen LogP contribution is 2.42. The van der Waals surface area contributed by atoms with Crippen molar-refractivity contribution in [3.63, 3.8) is 0 Å². The van der Waals surface area contributed by atoms with Crippen LogP contribution in [-0.4, -0.2) is 5.24 Å². The highest BCUT2D eigenvalue weighted by atomic mass is 35.5. The summed E-state index contributed by atoms with van der Waals surface area (Å²) in [6.07, 6.45) is -11.6. The molecular formula is C24H9ClF14OS2. The quantitative estimate of drug-likeness (QED) is 0.107. The molecule has 0 aliphatic rings. The fourth-order valence-corrected chi connectivity index (χ4v) is 5.70. The Hall–Kier alpha value is -2.66. The fraction of sp³-hybridized carbons (Fsp3) is 0.208. The summed E-state index contributed by atoms with van der Waals surface area (Å²) >= 11 is 5.36. The second-order valence-corrected chi connectivity index (χ2v) is 10.5. The molecule has 0 N–H and O–H groups in total. The minimum absolute atomic E-state index is 0.0269. The number of carbonyl (C=O) groups excluding carboxylic acids is 1. The van der Waals surface area contributed by atoms with E-state index in [1.165, 1.54) is 6.92 Å². The third-order valence-electron chi connectivity index (χ3n) is 5.61. The zero-order chi connectivity index (χ0) is 32.1. The summed E-state index contributed by atoms with van der Waals surface area (Å²) in [6, 6.07) is 1.99. The molecule has 18 heteroatoms. The Morgan fingerprint density at radius 2 is 0.905 bits per heavy atom. The maximum absolute atomic E-state index is 14.3. The molecule has 0 heterocycles. The zero-order valence-electron chi connectivity index (χ0n) is 20.0. The van der Waals surface area contributed by atoms with Crippen molar-refractivity contribution in [1.82, 2.24) is 0 Å². The molecule has 0 saturated carbocycles. The Balaban J connectivity index is 2.01. The van der Waals surface area contributed by atoms with Gasteiger partial charge in [-0.05, 0) is 47.3 Å². The van der Waals surface area contributed by atoms with Gasteiger partial charge in [0.25, 0.3) is 5.24 Å². The molecule has 0 bridgehead atoms. The van der Waals surface area contributed by atoms with Gasteiger partial charge in [0.2, 0.25) is 0 Å². The van der Waals surface area contributed by atoms with Crippen molar-refractivity contribution >= 4 is 40.4 Å². The van der Waals surface area contributed by atoms with E-state index in [9.17, 15) is 66.3 Å². The molecule has 0 aromatic heterocycles. The van der Waals surface area contributed by atoms with Crippen LogP contribution < -0.4 is 0 Å². The Labute approximate surface area is 239 Å². The number of halogens is 15. The molecule has 0 unspecified atom stereocenters. The van der Waals surface area contributed by atoms with Crippen LogP contribution in [0.5, 0.6) is 0 Å². The number of hydrogen-bond donors (Lipinski definition) is 0. The van der Waals surface area contributed by atoms with Crippen LogP contribution in [0.1, 0.15) is 38.2 Å². The van der Waals surface area contributed by atoms with Gasteiger partial charge < -0.3 is 0 Å². The lowest BCUT2D eigenvalue weighted by Gasteiger charge is -2.16. The molecule has 1 nitrogen and oxygen atoms in total. The lowest BCUT2D eigenvalue weighted by Crippen LogP contribution is -2.16. The summed E-state index contributed by atoms with van der Waals surface area (Å²) in [7, 11) is 0. The molecule has 0 radical (unpaired) electrons. The molecule has 0 saturated heterocycles. The maximum atomic E-state index is 14.3. The minimum Gasteiger partial charge on any atom is -0.276 e. The molecule has 0 aliphatic heterocycles. The van der Waals surface area contributed by atoms with Crippen LogP contribution in [0.2, 0.25) is 0 Å². The van der Waals surface area contributed by atoms with Crippen LogP contribution in [0.4, 0.5) is 61.5 Å². The topological polar surface area (TPSA) is 17.1 Å². The first-order valence-electron chi connectivity index (χ1n) is 10.6. The number of thioether (sulfide) groups is 2. The SMILES string of the molecule is Cc1c(CSc2c(F)c(F)c(C(F)(F)F)c(F)c2F)cc(C(=O)Cl)cc1CSc1c(F)c(F)c(C(F)(F)F)c(F)c1F. The molecule has 0 aliphatic carbocycles. The van der Waals surface area contributed by atoms with Crippen LogP contribution in [0.25, 0.3) is 0 Å². The highest BCUT2D eigenvalue weighted by molar-refractivity contribution is 7.98. The van der Waals surface area contributed by atoms with E-state index in [0.29, 0.717) is 0 Å². The monoisotopic (exact) mass is 678 g/mol. The van der Waals surface area contributed by atoms with Gasteiger partial charge in [0.05, 0.1) is 9.79 Å². The first-order chi connectivity index (χ1) is 19.2. The van der Waals surface area contributed by atoms with Gasteiger partial charge in [-0.15, -0.1) is 23.5 Å². The first-order valence-corrected chi connectivity index (χ1v) is 13.0. The largest absolute Gasteiger partial charge is 0.422 e. The zero-order valence-corrected chi connectivity index (χ0v) is 22.4. The number of benzene rings is 3. The van der Waals surface area contributed by atoms with Gasteiger partial charge in [0.15, 0.2) is 46.5 Å². The number of alkyl halides is 6. The molecule has 3 aromatic rings. The number of hydrogen-bond acceptors (Lipinski definition) is 3. The summed E-state index contributed by atoms with van der Waals surface area (Å²) in [6.45, 7) is 1.23. The first kappa shape index (κ1) is 33.8. The van der Waals surface area contributed by atoms with Crippen molar-refractivity contribution < 1.29 is 66.3 Å². The standard InChI is InChI=1S/C24H9ClF14OS2/c1-6-8(4-41-20-16(30)12(26)10(23(34,35)36)13(27)17(20)31)2-7(22(25)40)3-9(6)5-42-21-18(32)14(28)11(24(37,38)39)15(29)19(21)33/h2-3H,4-5H2,1H3. The Morgan fingerprint density at radius 1 is 0.619 bits per heavy atom. The van der Waals surface area contributed by atoms with E-state index in [1.54, 1.807) is 0 Å². The van der Waals surface area contributed by atoms with Crippen LogP contribution in [0.15, 0.2) is 21.9 Å². The Kier molecular flexibility index (Phi) is 9.79. The van der Waals surface area contributed by atoms with Crippen LogP contribution in [0.3, 0.4) is 0 Å². The summed E-state index contributed by atoms with van der Waals surface area (Å²) in [5.74, 6) is -21.8. The lowest BCUT2D eigenvalue weighted by atomic mass is 10.0. The second-order valence-electron chi connectivity index (χ2n) is 8.19. The van der Waals surface area contributed by atoms with E-state index in [1.807, 2.05) is 0 Å². The molecule has 228 valence electrons. The fourth-order valence-electron chi connectivity index (χ4n) is 3.53. The van der Waals surface area contributed by atoms with Gasteiger partial charge in [-0.25, -0.2) is 35.1 Å².